The smallest absolute Gasteiger partial charge is 0.185 e. The van der Waals surface area contributed by atoms with Crippen LogP contribution in [0.25, 0.3) is 0 Å². The first-order valence-electron chi connectivity index (χ1n) is 9.70. The zero-order chi connectivity index (χ0) is 18.4. The van der Waals surface area contributed by atoms with Crippen LogP contribution in [-0.4, -0.2) is 61.6 Å². The fourth-order valence-corrected chi connectivity index (χ4v) is 4.59. The summed E-state index contributed by atoms with van der Waals surface area (Å²) in [7, 11) is 6.38. The van der Waals surface area contributed by atoms with Crippen LogP contribution in [0.15, 0.2) is 36.5 Å². The van der Waals surface area contributed by atoms with E-state index in [0.717, 1.165) is 11.7 Å². The SMILES string of the molecule is CN(C)c1ncc(CN(C)[C@@H]2CCCN(CCCc3ccccc3)C2)s1. The summed E-state index contributed by atoms with van der Waals surface area (Å²) in [5, 5.41) is 1.10. The first kappa shape index (κ1) is 19.3. The van der Waals surface area contributed by atoms with Crippen molar-refractivity contribution in [2.45, 2.75) is 38.3 Å². The van der Waals surface area contributed by atoms with Crippen LogP contribution < -0.4 is 4.90 Å². The van der Waals surface area contributed by atoms with Gasteiger partial charge in [0.2, 0.25) is 0 Å². The molecule has 5 heteroatoms. The molecule has 26 heavy (non-hydrogen) atoms. The number of anilines is 1. The minimum Gasteiger partial charge on any atom is -0.354 e. The maximum atomic E-state index is 4.51. The molecule has 1 fully saturated rings. The normalized spacial score (nSPS) is 18.4. The van der Waals surface area contributed by atoms with Gasteiger partial charge in [-0.05, 0) is 51.4 Å². The van der Waals surface area contributed by atoms with Gasteiger partial charge in [0.1, 0.15) is 0 Å². The van der Waals surface area contributed by atoms with E-state index in [2.05, 4.69) is 71.2 Å². The van der Waals surface area contributed by atoms with Gasteiger partial charge < -0.3 is 9.80 Å². The van der Waals surface area contributed by atoms with Gasteiger partial charge in [-0.1, -0.05) is 30.3 Å². The summed E-state index contributed by atoms with van der Waals surface area (Å²) in [5.41, 5.74) is 1.46. The number of piperidine rings is 1. The molecule has 142 valence electrons. The van der Waals surface area contributed by atoms with Gasteiger partial charge >= 0.3 is 0 Å². The van der Waals surface area contributed by atoms with E-state index in [-0.39, 0.29) is 0 Å². The summed E-state index contributed by atoms with van der Waals surface area (Å²) >= 11 is 1.81. The number of nitrogens with zero attached hydrogens (tertiary/aromatic N) is 4. The Morgan fingerprint density at radius 1 is 1.19 bits per heavy atom. The Morgan fingerprint density at radius 2 is 2.00 bits per heavy atom. The van der Waals surface area contributed by atoms with Gasteiger partial charge in [0.05, 0.1) is 0 Å². The van der Waals surface area contributed by atoms with E-state index < -0.39 is 0 Å². The molecule has 0 amide bonds. The molecule has 0 N–H and O–H groups in total. The molecule has 4 nitrogen and oxygen atoms in total. The van der Waals surface area contributed by atoms with Gasteiger partial charge in [-0.25, -0.2) is 4.98 Å². The monoisotopic (exact) mass is 372 g/mol. The molecule has 1 aromatic heterocycles. The van der Waals surface area contributed by atoms with Gasteiger partial charge in [-0.3, -0.25) is 4.90 Å². The number of hydrogen-bond donors (Lipinski definition) is 0. The number of thiazole rings is 1. The lowest BCUT2D eigenvalue weighted by molar-refractivity contribution is 0.111. The van der Waals surface area contributed by atoms with Crippen LogP contribution in [0.4, 0.5) is 5.13 Å². The van der Waals surface area contributed by atoms with Crippen molar-refractivity contribution in [3.8, 4) is 0 Å². The molecule has 2 heterocycles. The van der Waals surface area contributed by atoms with Crippen LogP contribution in [0.3, 0.4) is 0 Å². The van der Waals surface area contributed by atoms with Gasteiger partial charge in [-0.2, -0.15) is 0 Å². The van der Waals surface area contributed by atoms with E-state index in [4.69, 9.17) is 0 Å². The fraction of sp³-hybridized carbons (Fsp3) is 0.571. The summed E-state index contributed by atoms with van der Waals surface area (Å²) in [5.74, 6) is 0. The molecule has 0 unspecified atom stereocenters. The number of likely N-dealkylation sites (N-methyl/N-ethyl adjacent to an activating group) is 1. The van der Waals surface area contributed by atoms with E-state index in [1.54, 1.807) is 11.3 Å². The summed E-state index contributed by atoms with van der Waals surface area (Å²) in [4.78, 5) is 13.1. The summed E-state index contributed by atoms with van der Waals surface area (Å²) in [6.07, 6.45) is 7.10. The third kappa shape index (κ3) is 5.53. The molecule has 3 rings (SSSR count). The predicted octanol–water partition coefficient (Wildman–Crippen LogP) is 3.74. The van der Waals surface area contributed by atoms with E-state index in [1.165, 1.54) is 55.8 Å². The lowest BCUT2D eigenvalue weighted by Gasteiger charge is -2.37. The summed E-state index contributed by atoms with van der Waals surface area (Å²) in [6.45, 7) is 4.67. The van der Waals surface area contributed by atoms with Gasteiger partial charge in [-0.15, -0.1) is 11.3 Å². The number of rotatable bonds is 8. The van der Waals surface area contributed by atoms with E-state index >= 15 is 0 Å². The zero-order valence-electron chi connectivity index (χ0n) is 16.4. The maximum absolute atomic E-state index is 4.51. The van der Waals surface area contributed by atoms with E-state index in [9.17, 15) is 0 Å². The lowest BCUT2D eigenvalue weighted by Crippen LogP contribution is -2.46. The standard InChI is InChI=1S/C21H32N4S/c1-23(2)21-22-15-20(26-21)17-24(3)19-12-8-14-25(16-19)13-7-11-18-9-5-4-6-10-18/h4-6,9-10,15,19H,7-8,11-14,16-17H2,1-3H3/t19-/m1/s1. The van der Waals surface area contributed by atoms with Crippen molar-refractivity contribution in [2.75, 3.05) is 45.7 Å². The van der Waals surface area contributed by atoms with E-state index in [0.29, 0.717) is 6.04 Å². The van der Waals surface area contributed by atoms with Crippen LogP contribution >= 0.6 is 11.3 Å². The Bertz CT molecular complexity index is 655. The zero-order valence-corrected chi connectivity index (χ0v) is 17.2. The van der Waals surface area contributed by atoms with Gasteiger partial charge in [0, 0.05) is 44.3 Å². The van der Waals surface area contributed by atoms with Crippen LogP contribution in [0.2, 0.25) is 0 Å². The highest BCUT2D eigenvalue weighted by Gasteiger charge is 2.23. The topological polar surface area (TPSA) is 22.6 Å². The van der Waals surface area contributed by atoms with Crippen LogP contribution in [0.5, 0.6) is 0 Å². The minimum absolute atomic E-state index is 0.658. The van der Waals surface area contributed by atoms with Crippen LogP contribution in [0, 0.1) is 0 Å². The number of aromatic nitrogens is 1. The largest absolute Gasteiger partial charge is 0.354 e. The minimum atomic E-state index is 0.658. The second-order valence-electron chi connectivity index (χ2n) is 7.60. The molecular formula is C21H32N4S. The van der Waals surface area contributed by atoms with Crippen molar-refractivity contribution in [2.24, 2.45) is 0 Å². The van der Waals surface area contributed by atoms with Crippen LogP contribution in [0.1, 0.15) is 29.7 Å². The Kier molecular flexibility index (Phi) is 7.06. The Balaban J connectivity index is 1.44. The molecule has 0 spiro atoms. The number of aryl methyl sites for hydroxylation is 1. The summed E-state index contributed by atoms with van der Waals surface area (Å²) in [6, 6.07) is 11.5. The Hall–Kier alpha value is -1.43. The average Bonchev–Trinajstić information content (AvgIpc) is 3.12. The molecule has 0 bridgehead atoms. The highest BCUT2D eigenvalue weighted by Crippen LogP contribution is 2.23. The molecule has 1 aromatic carbocycles. The van der Waals surface area contributed by atoms with E-state index in [1.807, 2.05) is 6.20 Å². The van der Waals surface area contributed by atoms with Crippen molar-refractivity contribution in [3.63, 3.8) is 0 Å². The maximum Gasteiger partial charge on any atom is 0.185 e. The first-order chi connectivity index (χ1) is 12.6. The number of hydrogen-bond acceptors (Lipinski definition) is 5. The van der Waals surface area contributed by atoms with Crippen molar-refractivity contribution in [1.29, 1.82) is 0 Å². The highest BCUT2D eigenvalue weighted by atomic mass is 32.1. The lowest BCUT2D eigenvalue weighted by atomic mass is 10.0. The second-order valence-corrected chi connectivity index (χ2v) is 8.70. The molecule has 1 aliphatic heterocycles. The molecule has 1 saturated heterocycles. The summed E-state index contributed by atoms with van der Waals surface area (Å²) < 4.78 is 0. The fourth-order valence-electron chi connectivity index (χ4n) is 3.70. The first-order valence-corrected chi connectivity index (χ1v) is 10.5. The molecule has 0 saturated carbocycles. The second kappa shape index (κ2) is 9.49. The molecule has 2 aromatic rings. The van der Waals surface area contributed by atoms with Crippen molar-refractivity contribution < 1.29 is 0 Å². The van der Waals surface area contributed by atoms with Crippen molar-refractivity contribution in [3.05, 3.63) is 47.0 Å². The average molecular weight is 373 g/mol. The number of likely N-dealkylation sites (tertiary alicyclic amines) is 1. The highest BCUT2D eigenvalue weighted by molar-refractivity contribution is 7.15. The molecule has 1 aliphatic rings. The van der Waals surface area contributed by atoms with Crippen molar-refractivity contribution in [1.82, 2.24) is 14.8 Å². The Labute approximate surface area is 162 Å². The molecule has 0 radical (unpaired) electrons. The van der Waals surface area contributed by atoms with Gasteiger partial charge in [0.15, 0.2) is 5.13 Å². The third-order valence-electron chi connectivity index (χ3n) is 5.22. The van der Waals surface area contributed by atoms with Crippen molar-refractivity contribution >= 4 is 16.5 Å². The quantitative estimate of drug-likeness (QED) is 0.704. The molecule has 1 atom stereocenters. The number of benzene rings is 1. The van der Waals surface area contributed by atoms with Gasteiger partial charge in [0.25, 0.3) is 0 Å². The Morgan fingerprint density at radius 3 is 2.73 bits per heavy atom. The van der Waals surface area contributed by atoms with Crippen LogP contribution in [-0.2, 0) is 13.0 Å². The molecular weight excluding hydrogens is 340 g/mol. The molecule has 0 aliphatic carbocycles. The third-order valence-corrected chi connectivity index (χ3v) is 6.37. The predicted molar refractivity (Wildman–Crippen MR) is 112 cm³/mol.